The van der Waals surface area contributed by atoms with E-state index in [0.717, 1.165) is 15.2 Å². The highest BCUT2D eigenvalue weighted by atomic mass is 32.1. The Balaban J connectivity index is 2.07. The lowest BCUT2D eigenvalue weighted by atomic mass is 10.2. The summed E-state index contributed by atoms with van der Waals surface area (Å²) < 4.78 is 5.78. The Labute approximate surface area is 115 Å². The molecule has 1 aliphatic heterocycles. The monoisotopic (exact) mass is 282 g/mol. The second kappa shape index (κ2) is 5.49. The topological polar surface area (TPSA) is 45.3 Å². The number of ether oxygens (including phenoxy) is 1. The third-order valence-corrected chi connectivity index (χ3v) is 3.76. The van der Waals surface area contributed by atoms with Crippen LogP contribution in [0.4, 0.5) is 4.79 Å². The number of aromatic nitrogens is 1. The van der Waals surface area contributed by atoms with Crippen molar-refractivity contribution in [2.45, 2.75) is 13.0 Å². The molecular formula is C12H14N2O2S2. The second-order valence-electron chi connectivity index (χ2n) is 3.99. The number of hydrogen-bond acceptors (Lipinski definition) is 4. The van der Waals surface area contributed by atoms with Gasteiger partial charge in [-0.1, -0.05) is 18.7 Å². The second-order valence-corrected chi connectivity index (χ2v) is 5.53. The normalized spacial score (nSPS) is 18.6. The zero-order valence-corrected chi connectivity index (χ0v) is 11.6. The van der Waals surface area contributed by atoms with Gasteiger partial charge >= 0.3 is 6.09 Å². The van der Waals surface area contributed by atoms with E-state index in [1.54, 1.807) is 11.0 Å². The van der Waals surface area contributed by atoms with Gasteiger partial charge in [-0.3, -0.25) is 4.90 Å². The van der Waals surface area contributed by atoms with Crippen LogP contribution in [-0.2, 0) is 4.74 Å². The molecule has 4 nitrogen and oxygen atoms in total. The lowest BCUT2D eigenvalue weighted by Gasteiger charge is -2.20. The summed E-state index contributed by atoms with van der Waals surface area (Å²) in [5.41, 5.74) is 2.06. The number of aromatic amines is 1. The van der Waals surface area contributed by atoms with E-state index < -0.39 is 0 Å². The predicted octanol–water partition coefficient (Wildman–Crippen LogP) is 3.22. The van der Waals surface area contributed by atoms with Gasteiger partial charge in [0.25, 0.3) is 0 Å². The van der Waals surface area contributed by atoms with Gasteiger partial charge in [-0.25, -0.2) is 4.79 Å². The molecule has 1 aromatic heterocycles. The van der Waals surface area contributed by atoms with E-state index in [1.165, 1.54) is 11.3 Å². The molecule has 18 heavy (non-hydrogen) atoms. The highest BCUT2D eigenvalue weighted by Gasteiger charge is 2.27. The summed E-state index contributed by atoms with van der Waals surface area (Å²) in [6.07, 6.45) is 3.29. The number of thiazole rings is 1. The summed E-state index contributed by atoms with van der Waals surface area (Å²) in [6.45, 7) is 6.26. The fourth-order valence-corrected chi connectivity index (χ4v) is 2.68. The van der Waals surface area contributed by atoms with Crippen molar-refractivity contribution in [2.24, 2.45) is 0 Å². The molecule has 1 aromatic rings. The van der Waals surface area contributed by atoms with Crippen LogP contribution in [0.3, 0.4) is 0 Å². The maximum Gasteiger partial charge on any atom is 0.410 e. The molecule has 1 unspecified atom stereocenters. The smallest absolute Gasteiger partial charge is 0.410 e. The van der Waals surface area contributed by atoms with Crippen LogP contribution >= 0.6 is 23.6 Å². The van der Waals surface area contributed by atoms with E-state index >= 15 is 0 Å². The zero-order valence-electron chi connectivity index (χ0n) is 10.0. The molecule has 0 fully saturated rings. The highest BCUT2D eigenvalue weighted by Crippen LogP contribution is 2.25. The number of H-pyrrole nitrogens is 1. The molecule has 1 N–H and O–H groups in total. The Kier molecular flexibility index (Phi) is 3.98. The van der Waals surface area contributed by atoms with Gasteiger partial charge in [0.05, 0.1) is 18.3 Å². The van der Waals surface area contributed by atoms with Crippen LogP contribution in [0.5, 0.6) is 0 Å². The third kappa shape index (κ3) is 2.70. The van der Waals surface area contributed by atoms with Gasteiger partial charge in [-0.15, -0.1) is 11.3 Å². The Bertz CT molecular complexity index is 544. The van der Waals surface area contributed by atoms with E-state index in [4.69, 9.17) is 17.0 Å². The van der Waals surface area contributed by atoms with Gasteiger partial charge in [-0.2, -0.15) is 0 Å². The maximum absolute atomic E-state index is 11.8. The summed E-state index contributed by atoms with van der Waals surface area (Å²) in [5.74, 6) is 0. The molecule has 0 aliphatic carbocycles. The van der Waals surface area contributed by atoms with Crippen molar-refractivity contribution in [1.82, 2.24) is 9.88 Å². The number of carbonyl (C=O) groups excluding carboxylic acids is 1. The largest absolute Gasteiger partial charge is 0.445 e. The molecule has 1 atom stereocenters. The molecule has 2 rings (SSSR count). The van der Waals surface area contributed by atoms with Gasteiger partial charge in [-0.05, 0) is 24.7 Å². The standard InChI is InChI=1S/C12H14N2O2S2/c1-3-4-16-12(15)14-6-9(5-8(14)2)10-7-18-11(17)13-10/h3,5,7-8H,1,4,6H2,2H3,(H,13,17). The van der Waals surface area contributed by atoms with Crippen molar-refractivity contribution in [3.8, 4) is 0 Å². The van der Waals surface area contributed by atoms with Gasteiger partial charge in [0.15, 0.2) is 3.95 Å². The lowest BCUT2D eigenvalue weighted by molar-refractivity contribution is 0.114. The molecule has 0 bridgehead atoms. The quantitative estimate of drug-likeness (QED) is 0.684. The first kappa shape index (κ1) is 13.0. The zero-order chi connectivity index (χ0) is 13.1. The Morgan fingerprint density at radius 3 is 3.22 bits per heavy atom. The fraction of sp³-hybridized carbons (Fsp3) is 0.333. The minimum atomic E-state index is -0.317. The molecule has 0 spiro atoms. The molecule has 0 radical (unpaired) electrons. The van der Waals surface area contributed by atoms with Crippen molar-refractivity contribution < 1.29 is 9.53 Å². The number of carbonyl (C=O) groups is 1. The van der Waals surface area contributed by atoms with Gasteiger partial charge in [0.1, 0.15) is 6.61 Å². The molecule has 0 saturated carbocycles. The van der Waals surface area contributed by atoms with Crippen LogP contribution in [-0.4, -0.2) is 35.2 Å². The Morgan fingerprint density at radius 2 is 2.61 bits per heavy atom. The van der Waals surface area contributed by atoms with E-state index in [-0.39, 0.29) is 18.7 Å². The third-order valence-electron chi connectivity index (χ3n) is 2.70. The van der Waals surface area contributed by atoms with Crippen molar-refractivity contribution in [2.75, 3.05) is 13.2 Å². The van der Waals surface area contributed by atoms with Crippen molar-refractivity contribution >= 4 is 35.2 Å². The Morgan fingerprint density at radius 1 is 1.83 bits per heavy atom. The molecule has 96 valence electrons. The molecule has 2 heterocycles. The molecule has 1 aliphatic rings. The minimum absolute atomic E-state index is 0.0270. The minimum Gasteiger partial charge on any atom is -0.445 e. The predicted molar refractivity (Wildman–Crippen MR) is 75.2 cm³/mol. The van der Waals surface area contributed by atoms with Crippen molar-refractivity contribution in [1.29, 1.82) is 0 Å². The fourth-order valence-electron chi connectivity index (χ4n) is 1.82. The van der Waals surface area contributed by atoms with Gasteiger partial charge < -0.3 is 9.72 Å². The van der Waals surface area contributed by atoms with E-state index in [9.17, 15) is 4.79 Å². The van der Waals surface area contributed by atoms with Crippen molar-refractivity contribution in [3.63, 3.8) is 0 Å². The molecule has 6 heteroatoms. The first-order chi connectivity index (χ1) is 8.61. The molecule has 0 aromatic carbocycles. The Hall–Kier alpha value is -1.40. The summed E-state index contributed by atoms with van der Waals surface area (Å²) in [7, 11) is 0. The van der Waals surface area contributed by atoms with Gasteiger partial charge in [0.2, 0.25) is 0 Å². The molecule has 1 amide bonds. The van der Waals surface area contributed by atoms with Crippen LogP contribution < -0.4 is 0 Å². The summed E-state index contributed by atoms with van der Waals surface area (Å²) in [4.78, 5) is 16.6. The molecular weight excluding hydrogens is 268 g/mol. The summed E-state index contributed by atoms with van der Waals surface area (Å²) in [5, 5.41) is 1.97. The number of rotatable bonds is 3. The van der Waals surface area contributed by atoms with E-state index in [1.807, 2.05) is 18.4 Å². The average molecular weight is 282 g/mol. The van der Waals surface area contributed by atoms with Gasteiger partial charge in [0, 0.05) is 5.38 Å². The first-order valence-electron chi connectivity index (χ1n) is 5.55. The average Bonchev–Trinajstić information content (AvgIpc) is 2.92. The maximum atomic E-state index is 11.8. The van der Waals surface area contributed by atoms with Crippen LogP contribution in [0.15, 0.2) is 24.1 Å². The van der Waals surface area contributed by atoms with Crippen LogP contribution in [0.25, 0.3) is 5.57 Å². The number of nitrogens with one attached hydrogen (secondary N) is 1. The number of hydrogen-bond donors (Lipinski definition) is 1. The van der Waals surface area contributed by atoms with Crippen LogP contribution in [0, 0.1) is 3.95 Å². The highest BCUT2D eigenvalue weighted by molar-refractivity contribution is 7.73. The number of amides is 1. The summed E-state index contributed by atoms with van der Waals surface area (Å²) >= 11 is 6.54. The van der Waals surface area contributed by atoms with Crippen LogP contribution in [0.1, 0.15) is 12.6 Å². The number of nitrogens with zero attached hydrogens (tertiary/aromatic N) is 1. The van der Waals surface area contributed by atoms with E-state index in [0.29, 0.717) is 6.54 Å². The SMILES string of the molecule is C=CCOC(=O)N1CC(c2csc(=S)[nH]2)=CC1C. The van der Waals surface area contributed by atoms with E-state index in [2.05, 4.69) is 11.6 Å². The first-order valence-corrected chi connectivity index (χ1v) is 6.83. The lowest BCUT2D eigenvalue weighted by Crippen LogP contribution is -2.35. The van der Waals surface area contributed by atoms with Crippen molar-refractivity contribution in [3.05, 3.63) is 33.8 Å². The molecule has 0 saturated heterocycles. The van der Waals surface area contributed by atoms with Crippen LogP contribution in [0.2, 0.25) is 0 Å². The summed E-state index contributed by atoms with van der Waals surface area (Å²) in [6, 6.07) is 0.0270.